The normalized spacial score (nSPS) is 18.3. The molecule has 0 aromatic heterocycles. The van der Waals surface area contributed by atoms with E-state index in [0.717, 1.165) is 0 Å². The lowest BCUT2D eigenvalue weighted by Crippen LogP contribution is -2.41. The first kappa shape index (κ1) is 7.98. The molecule has 0 N–H and O–H groups in total. The maximum Gasteiger partial charge on any atom is 0.298 e. The van der Waals surface area contributed by atoms with E-state index in [0.29, 0.717) is 0 Å². The summed E-state index contributed by atoms with van der Waals surface area (Å²) in [6, 6.07) is 0. The molecule has 1 aliphatic rings. The molecule has 1 amide bonds. The molecule has 0 saturated heterocycles. The largest absolute Gasteiger partial charge is 0.307 e. The molecule has 1 aliphatic heterocycles. The fraction of sp³-hybridized carbons (Fsp3) is 0.500. The lowest BCUT2D eigenvalue weighted by molar-refractivity contribution is -0.141. The number of amides is 1. The van der Waals surface area contributed by atoms with E-state index in [9.17, 15) is 9.59 Å². The molecule has 60 valence electrons. The van der Waals surface area contributed by atoms with Crippen molar-refractivity contribution in [2.45, 2.75) is 26.3 Å². The van der Waals surface area contributed by atoms with Crippen LogP contribution in [0.5, 0.6) is 0 Å². The Morgan fingerprint density at radius 1 is 1.27 bits per heavy atom. The molecule has 0 unspecified atom stereocenters. The molecule has 0 radical (unpaired) electrons. The van der Waals surface area contributed by atoms with Crippen LogP contribution in [0.25, 0.3) is 0 Å². The van der Waals surface area contributed by atoms with Crippen molar-refractivity contribution in [2.75, 3.05) is 0 Å². The summed E-state index contributed by atoms with van der Waals surface area (Å²) in [7, 11) is 0. The van der Waals surface area contributed by atoms with E-state index in [1.54, 1.807) is 0 Å². The summed E-state index contributed by atoms with van der Waals surface area (Å²) in [6.45, 7) is 5.65. The van der Waals surface area contributed by atoms with Gasteiger partial charge in [0.05, 0.1) is 0 Å². The van der Waals surface area contributed by atoms with Gasteiger partial charge >= 0.3 is 0 Å². The van der Waals surface area contributed by atoms with Crippen molar-refractivity contribution in [1.29, 1.82) is 0 Å². The minimum Gasteiger partial charge on any atom is -0.307 e. The van der Waals surface area contributed by atoms with Crippen molar-refractivity contribution < 1.29 is 9.59 Å². The van der Waals surface area contributed by atoms with Gasteiger partial charge in [-0.25, -0.2) is 0 Å². The second-order valence-electron chi connectivity index (χ2n) is 3.53. The van der Waals surface area contributed by atoms with Gasteiger partial charge in [0.1, 0.15) is 0 Å². The van der Waals surface area contributed by atoms with Crippen LogP contribution in [-0.2, 0) is 9.59 Å². The molecule has 0 saturated carbocycles. The van der Waals surface area contributed by atoms with Crippen LogP contribution in [0.15, 0.2) is 12.3 Å². The number of carbonyl (C=O) groups excluding carboxylic acids is 2. The maximum atomic E-state index is 11.1. The predicted octanol–water partition coefficient (Wildman–Crippen LogP) is 0.710. The number of nitrogens with zero attached hydrogens (tertiary/aromatic N) is 1. The summed E-state index contributed by atoms with van der Waals surface area (Å²) in [5.74, 6) is -0.863. The fourth-order valence-electron chi connectivity index (χ4n) is 0.928. The van der Waals surface area contributed by atoms with Gasteiger partial charge in [-0.2, -0.15) is 0 Å². The first-order valence-electron chi connectivity index (χ1n) is 3.49. The van der Waals surface area contributed by atoms with Gasteiger partial charge in [-0.05, 0) is 20.8 Å². The zero-order valence-corrected chi connectivity index (χ0v) is 6.92. The Morgan fingerprint density at radius 3 is 2.00 bits per heavy atom. The van der Waals surface area contributed by atoms with Gasteiger partial charge in [-0.3, -0.25) is 9.59 Å². The van der Waals surface area contributed by atoms with E-state index >= 15 is 0 Å². The number of hydrogen-bond donors (Lipinski definition) is 0. The Hall–Kier alpha value is -1.12. The number of rotatable bonds is 0. The zero-order valence-electron chi connectivity index (χ0n) is 6.92. The Morgan fingerprint density at radius 2 is 1.82 bits per heavy atom. The minimum atomic E-state index is -0.433. The van der Waals surface area contributed by atoms with Crippen molar-refractivity contribution in [3.8, 4) is 0 Å². The van der Waals surface area contributed by atoms with Gasteiger partial charge in [0.25, 0.3) is 5.91 Å². The molecule has 1 rings (SSSR count). The van der Waals surface area contributed by atoms with Crippen LogP contribution in [0.1, 0.15) is 20.8 Å². The van der Waals surface area contributed by atoms with Gasteiger partial charge in [0, 0.05) is 17.8 Å². The van der Waals surface area contributed by atoms with Crippen molar-refractivity contribution >= 4 is 11.7 Å². The molecule has 0 bridgehead atoms. The van der Waals surface area contributed by atoms with Crippen LogP contribution in [0, 0.1) is 0 Å². The summed E-state index contributed by atoms with van der Waals surface area (Å²) in [5, 5.41) is 0. The summed E-state index contributed by atoms with van der Waals surface area (Å²) in [6.07, 6.45) is 2.83. The monoisotopic (exact) mass is 153 g/mol. The van der Waals surface area contributed by atoms with Crippen LogP contribution < -0.4 is 0 Å². The lowest BCUT2D eigenvalue weighted by atomic mass is 10.1. The quantitative estimate of drug-likeness (QED) is 0.480. The predicted molar refractivity (Wildman–Crippen MR) is 40.7 cm³/mol. The highest BCUT2D eigenvalue weighted by Gasteiger charge is 2.32. The number of carbonyl (C=O) groups is 2. The van der Waals surface area contributed by atoms with Crippen molar-refractivity contribution in [3.05, 3.63) is 12.3 Å². The van der Waals surface area contributed by atoms with Gasteiger partial charge in [0.15, 0.2) is 0 Å². The van der Waals surface area contributed by atoms with Crippen molar-refractivity contribution in [2.24, 2.45) is 0 Å². The summed E-state index contributed by atoms with van der Waals surface area (Å²) < 4.78 is 0. The Bertz CT molecular complexity index is 235. The van der Waals surface area contributed by atoms with E-state index in [1.165, 1.54) is 17.2 Å². The van der Waals surface area contributed by atoms with E-state index in [4.69, 9.17) is 0 Å². The minimum absolute atomic E-state index is 0.292. The average molecular weight is 153 g/mol. The van der Waals surface area contributed by atoms with Gasteiger partial charge in [-0.15, -0.1) is 0 Å². The zero-order chi connectivity index (χ0) is 8.65. The van der Waals surface area contributed by atoms with Crippen LogP contribution >= 0.6 is 0 Å². The third-order valence-corrected chi connectivity index (χ3v) is 1.53. The van der Waals surface area contributed by atoms with Crippen LogP contribution in [0.3, 0.4) is 0 Å². The third kappa shape index (κ3) is 1.31. The number of ketones is 1. The standard InChI is InChI=1S/C8H11NO2/c1-8(2,3)9-5-4-6(10)7(9)11/h4-5H,1-3H3. The molecular formula is C8H11NO2. The average Bonchev–Trinajstić information content (AvgIpc) is 2.11. The Labute approximate surface area is 65.7 Å². The molecule has 0 spiro atoms. The van der Waals surface area contributed by atoms with Gasteiger partial charge < -0.3 is 4.90 Å². The molecule has 1 heterocycles. The van der Waals surface area contributed by atoms with Gasteiger partial charge in [0.2, 0.25) is 5.78 Å². The van der Waals surface area contributed by atoms with Crippen LogP contribution in [0.4, 0.5) is 0 Å². The maximum absolute atomic E-state index is 11.1. The first-order chi connectivity index (χ1) is 4.93. The lowest BCUT2D eigenvalue weighted by Gasteiger charge is -2.28. The Balaban J connectivity index is 2.87. The molecule has 3 nitrogen and oxygen atoms in total. The highest BCUT2D eigenvalue weighted by molar-refractivity contribution is 6.42. The van der Waals surface area contributed by atoms with E-state index in [1.807, 2.05) is 20.8 Å². The highest BCUT2D eigenvalue weighted by atomic mass is 16.2. The van der Waals surface area contributed by atoms with E-state index in [-0.39, 0.29) is 5.54 Å². The van der Waals surface area contributed by atoms with Crippen LogP contribution in [0.2, 0.25) is 0 Å². The van der Waals surface area contributed by atoms with E-state index in [2.05, 4.69) is 0 Å². The van der Waals surface area contributed by atoms with Crippen LogP contribution in [-0.4, -0.2) is 22.1 Å². The van der Waals surface area contributed by atoms with E-state index < -0.39 is 11.7 Å². The second kappa shape index (κ2) is 2.19. The highest BCUT2D eigenvalue weighted by Crippen LogP contribution is 2.17. The first-order valence-corrected chi connectivity index (χ1v) is 3.49. The third-order valence-electron chi connectivity index (χ3n) is 1.53. The summed E-state index contributed by atoms with van der Waals surface area (Å²) >= 11 is 0. The molecule has 0 aromatic rings. The number of hydrogen-bond acceptors (Lipinski definition) is 2. The molecule has 0 aliphatic carbocycles. The smallest absolute Gasteiger partial charge is 0.298 e. The molecule has 0 atom stereocenters. The molecule has 0 aromatic carbocycles. The molecular weight excluding hydrogens is 142 g/mol. The topological polar surface area (TPSA) is 37.4 Å². The SMILES string of the molecule is CC(C)(C)N1C=CC(=O)C1=O. The molecule has 3 heteroatoms. The molecule has 11 heavy (non-hydrogen) atoms. The van der Waals surface area contributed by atoms with Crippen molar-refractivity contribution in [1.82, 2.24) is 4.90 Å². The second-order valence-corrected chi connectivity index (χ2v) is 3.53. The Kier molecular flexibility index (Phi) is 1.59. The van der Waals surface area contributed by atoms with Crippen molar-refractivity contribution in [3.63, 3.8) is 0 Å². The fourth-order valence-corrected chi connectivity index (χ4v) is 0.928. The molecule has 0 fully saturated rings. The van der Waals surface area contributed by atoms with Gasteiger partial charge in [-0.1, -0.05) is 0 Å². The summed E-state index contributed by atoms with van der Waals surface area (Å²) in [4.78, 5) is 23.3. The summed E-state index contributed by atoms with van der Waals surface area (Å²) in [5.41, 5.74) is -0.292.